The smallest absolute Gasteiger partial charge is 0.338 e. The number of para-hydroxylation sites is 1. The minimum atomic E-state index is -0.917. The van der Waals surface area contributed by atoms with Crippen molar-refractivity contribution in [3.8, 4) is 11.5 Å². The lowest BCUT2D eigenvalue weighted by molar-refractivity contribution is -0.130. The number of fused-ring (bicyclic) bond motifs is 1. The van der Waals surface area contributed by atoms with Gasteiger partial charge in [0.05, 0.1) is 18.2 Å². The quantitative estimate of drug-likeness (QED) is 0.587. The molecule has 0 aliphatic carbocycles. The zero-order chi connectivity index (χ0) is 19.9. The van der Waals surface area contributed by atoms with E-state index in [1.165, 1.54) is 0 Å². The Labute approximate surface area is 164 Å². The molecule has 1 aliphatic heterocycles. The van der Waals surface area contributed by atoms with Crippen molar-refractivity contribution in [1.29, 1.82) is 0 Å². The average Bonchev–Trinajstić information content (AvgIpc) is 2.72. The van der Waals surface area contributed by atoms with Crippen molar-refractivity contribution in [2.24, 2.45) is 0 Å². The Kier molecular flexibility index (Phi) is 6.32. The van der Waals surface area contributed by atoms with E-state index in [4.69, 9.17) is 14.2 Å². The largest absolute Gasteiger partial charge is 0.493 e. The molecule has 6 heteroatoms. The molecule has 0 aromatic heterocycles. The molecule has 6 nitrogen and oxygen atoms in total. The van der Waals surface area contributed by atoms with Gasteiger partial charge in [0.25, 0.3) is 5.91 Å². The lowest BCUT2D eigenvalue weighted by Gasteiger charge is -2.27. The maximum atomic E-state index is 12.5. The van der Waals surface area contributed by atoms with Crippen LogP contribution in [0.5, 0.6) is 11.5 Å². The number of esters is 1. The van der Waals surface area contributed by atoms with Crippen LogP contribution in [0.4, 0.5) is 0 Å². The van der Waals surface area contributed by atoms with Gasteiger partial charge in [0.15, 0.2) is 6.10 Å². The predicted octanol–water partition coefficient (Wildman–Crippen LogP) is 3.44. The van der Waals surface area contributed by atoms with Gasteiger partial charge in [-0.1, -0.05) is 30.9 Å². The van der Waals surface area contributed by atoms with E-state index in [1.807, 2.05) is 24.3 Å². The van der Waals surface area contributed by atoms with Gasteiger partial charge in [-0.25, -0.2) is 4.79 Å². The SMILES string of the molecule is C=CCOc1ccc(C(=O)OC(C)C(=O)NC2CCOc3ccccc32)cc1. The molecule has 2 atom stereocenters. The molecule has 0 spiro atoms. The van der Waals surface area contributed by atoms with Crippen LogP contribution in [-0.2, 0) is 9.53 Å². The lowest BCUT2D eigenvalue weighted by Crippen LogP contribution is -2.39. The van der Waals surface area contributed by atoms with Crippen molar-refractivity contribution >= 4 is 11.9 Å². The second-order valence-electron chi connectivity index (χ2n) is 6.41. The van der Waals surface area contributed by atoms with Gasteiger partial charge < -0.3 is 19.5 Å². The molecule has 28 heavy (non-hydrogen) atoms. The van der Waals surface area contributed by atoms with Crippen molar-refractivity contribution in [3.63, 3.8) is 0 Å². The first-order chi connectivity index (χ1) is 13.6. The Morgan fingerprint density at radius 3 is 2.75 bits per heavy atom. The Balaban J connectivity index is 1.57. The molecule has 0 saturated carbocycles. The van der Waals surface area contributed by atoms with Gasteiger partial charge in [0.2, 0.25) is 0 Å². The highest BCUT2D eigenvalue weighted by molar-refractivity contribution is 5.92. The van der Waals surface area contributed by atoms with Crippen LogP contribution >= 0.6 is 0 Å². The molecule has 3 rings (SSSR count). The van der Waals surface area contributed by atoms with Crippen molar-refractivity contribution in [2.75, 3.05) is 13.2 Å². The van der Waals surface area contributed by atoms with E-state index in [9.17, 15) is 9.59 Å². The van der Waals surface area contributed by atoms with Crippen molar-refractivity contribution < 1.29 is 23.8 Å². The normalized spacial score (nSPS) is 16.1. The van der Waals surface area contributed by atoms with Crippen molar-refractivity contribution in [2.45, 2.75) is 25.5 Å². The van der Waals surface area contributed by atoms with E-state index in [0.29, 0.717) is 30.9 Å². The van der Waals surface area contributed by atoms with E-state index in [2.05, 4.69) is 11.9 Å². The predicted molar refractivity (Wildman–Crippen MR) is 104 cm³/mol. The molecular formula is C22H23NO5. The summed E-state index contributed by atoms with van der Waals surface area (Å²) >= 11 is 0. The van der Waals surface area contributed by atoms with Gasteiger partial charge >= 0.3 is 5.97 Å². The zero-order valence-corrected chi connectivity index (χ0v) is 15.7. The van der Waals surface area contributed by atoms with Crippen LogP contribution in [0, 0.1) is 0 Å². The van der Waals surface area contributed by atoms with Gasteiger partial charge in [-0.05, 0) is 37.3 Å². The van der Waals surface area contributed by atoms with E-state index in [-0.39, 0.29) is 11.9 Å². The summed E-state index contributed by atoms with van der Waals surface area (Å²) in [7, 11) is 0. The maximum Gasteiger partial charge on any atom is 0.338 e. The Hall–Kier alpha value is -3.28. The average molecular weight is 381 g/mol. The summed E-state index contributed by atoms with van der Waals surface area (Å²) in [6.07, 6.45) is 1.38. The number of benzene rings is 2. The maximum absolute atomic E-state index is 12.5. The van der Waals surface area contributed by atoms with E-state index >= 15 is 0 Å². The highest BCUT2D eigenvalue weighted by Gasteiger charge is 2.26. The Bertz CT molecular complexity index is 846. The summed E-state index contributed by atoms with van der Waals surface area (Å²) < 4.78 is 16.3. The molecular weight excluding hydrogens is 358 g/mol. The summed E-state index contributed by atoms with van der Waals surface area (Å²) in [5.41, 5.74) is 1.28. The van der Waals surface area contributed by atoms with Crippen LogP contribution in [0.2, 0.25) is 0 Å². The fourth-order valence-electron chi connectivity index (χ4n) is 2.91. The Morgan fingerprint density at radius 1 is 1.25 bits per heavy atom. The number of rotatable bonds is 7. The standard InChI is InChI=1S/C22H23NO5/c1-3-13-26-17-10-8-16(9-11-17)22(25)28-15(2)21(24)23-19-12-14-27-20-7-5-4-6-18(19)20/h3-11,15,19H,1,12-14H2,2H3,(H,23,24). The third-order valence-corrected chi connectivity index (χ3v) is 4.39. The molecule has 2 unspecified atom stereocenters. The van der Waals surface area contributed by atoms with Gasteiger partial charge in [0, 0.05) is 12.0 Å². The minimum Gasteiger partial charge on any atom is -0.493 e. The molecule has 1 aliphatic rings. The summed E-state index contributed by atoms with van der Waals surface area (Å²) in [6.45, 7) is 6.05. The van der Waals surface area contributed by atoms with E-state index in [1.54, 1.807) is 37.3 Å². The number of nitrogens with one attached hydrogen (secondary N) is 1. The second-order valence-corrected chi connectivity index (χ2v) is 6.41. The fourth-order valence-corrected chi connectivity index (χ4v) is 2.91. The van der Waals surface area contributed by atoms with Crippen LogP contribution in [0.15, 0.2) is 61.2 Å². The van der Waals surface area contributed by atoms with E-state index < -0.39 is 12.1 Å². The highest BCUT2D eigenvalue weighted by Crippen LogP contribution is 2.31. The number of carbonyl (C=O) groups is 2. The number of ether oxygens (including phenoxy) is 3. The first-order valence-electron chi connectivity index (χ1n) is 9.15. The summed E-state index contributed by atoms with van der Waals surface area (Å²) in [4.78, 5) is 24.8. The fraction of sp³-hybridized carbons (Fsp3) is 0.273. The minimum absolute atomic E-state index is 0.167. The third-order valence-electron chi connectivity index (χ3n) is 4.39. The van der Waals surface area contributed by atoms with Crippen LogP contribution in [0.1, 0.15) is 35.3 Å². The molecule has 2 aromatic rings. The number of hydrogen-bond acceptors (Lipinski definition) is 5. The highest BCUT2D eigenvalue weighted by atomic mass is 16.5. The van der Waals surface area contributed by atoms with Crippen molar-refractivity contribution in [1.82, 2.24) is 5.32 Å². The first kappa shape index (κ1) is 19.5. The topological polar surface area (TPSA) is 73.9 Å². The van der Waals surface area contributed by atoms with Crippen LogP contribution in [0.25, 0.3) is 0 Å². The summed E-state index contributed by atoms with van der Waals surface area (Å²) in [5, 5.41) is 2.94. The summed E-state index contributed by atoms with van der Waals surface area (Å²) in [6, 6.07) is 14.0. The molecule has 0 bridgehead atoms. The number of carbonyl (C=O) groups excluding carboxylic acids is 2. The van der Waals surface area contributed by atoms with Crippen LogP contribution in [0.3, 0.4) is 0 Å². The zero-order valence-electron chi connectivity index (χ0n) is 15.7. The molecule has 1 amide bonds. The Morgan fingerprint density at radius 2 is 2.00 bits per heavy atom. The third kappa shape index (κ3) is 4.71. The van der Waals surface area contributed by atoms with Crippen LogP contribution < -0.4 is 14.8 Å². The van der Waals surface area contributed by atoms with E-state index in [0.717, 1.165) is 11.3 Å². The first-order valence-corrected chi connectivity index (χ1v) is 9.15. The number of hydrogen-bond donors (Lipinski definition) is 1. The second kappa shape index (κ2) is 9.08. The number of amides is 1. The van der Waals surface area contributed by atoms with Crippen molar-refractivity contribution in [3.05, 3.63) is 72.3 Å². The molecule has 0 fully saturated rings. The molecule has 0 saturated heterocycles. The summed E-state index contributed by atoms with van der Waals surface area (Å²) in [5.74, 6) is 0.481. The van der Waals surface area contributed by atoms with Gasteiger partial charge in [-0.15, -0.1) is 0 Å². The lowest BCUT2D eigenvalue weighted by atomic mass is 10.0. The van der Waals surface area contributed by atoms with Crippen LogP contribution in [-0.4, -0.2) is 31.2 Å². The molecule has 1 heterocycles. The molecule has 0 radical (unpaired) electrons. The molecule has 1 N–H and O–H groups in total. The monoisotopic (exact) mass is 381 g/mol. The molecule has 146 valence electrons. The van der Waals surface area contributed by atoms with Gasteiger partial charge in [-0.3, -0.25) is 4.79 Å². The van der Waals surface area contributed by atoms with Gasteiger partial charge in [0.1, 0.15) is 18.1 Å². The molecule has 2 aromatic carbocycles. The van der Waals surface area contributed by atoms with Gasteiger partial charge in [-0.2, -0.15) is 0 Å².